The summed E-state index contributed by atoms with van der Waals surface area (Å²) in [6.45, 7) is 1.38. The number of carbonyl (C=O) groups is 1. The predicted molar refractivity (Wildman–Crippen MR) is 70.1 cm³/mol. The summed E-state index contributed by atoms with van der Waals surface area (Å²) in [6, 6.07) is -0.465. The van der Waals surface area contributed by atoms with Crippen LogP contribution in [0.5, 0.6) is 0 Å². The molecule has 0 saturated heterocycles. The number of alkyl halides is 1. The van der Waals surface area contributed by atoms with Gasteiger partial charge in [-0.3, -0.25) is 18.7 Å². The highest BCUT2D eigenvalue weighted by molar-refractivity contribution is 9.10. The van der Waals surface area contributed by atoms with Crippen LogP contribution in [0.1, 0.15) is 13.0 Å². The second-order valence-electron chi connectivity index (χ2n) is 3.64. The van der Waals surface area contributed by atoms with E-state index in [2.05, 4.69) is 20.7 Å². The largest absolute Gasteiger partial charge is 0.468 e. The van der Waals surface area contributed by atoms with Gasteiger partial charge < -0.3 is 4.74 Å². The van der Waals surface area contributed by atoms with Crippen LogP contribution in [0.3, 0.4) is 0 Å². The first-order valence-electron chi connectivity index (χ1n) is 5.06. The Morgan fingerprint density at radius 2 is 2.17 bits per heavy atom. The molecule has 1 atom stereocenters. The normalized spacial score (nSPS) is 12.2. The second-order valence-corrected chi connectivity index (χ2v) is 4.81. The van der Waals surface area contributed by atoms with Crippen molar-refractivity contribution in [2.75, 3.05) is 13.0 Å². The molecule has 1 rings (SSSR count). The number of esters is 1. The van der Waals surface area contributed by atoms with Crippen LogP contribution in [0.25, 0.3) is 0 Å². The van der Waals surface area contributed by atoms with E-state index < -0.39 is 23.3 Å². The van der Waals surface area contributed by atoms with Gasteiger partial charge in [0.2, 0.25) is 0 Å². The van der Waals surface area contributed by atoms with Crippen LogP contribution in [-0.4, -0.2) is 28.1 Å². The molecule has 8 heteroatoms. The van der Waals surface area contributed by atoms with E-state index in [9.17, 15) is 14.4 Å². The highest BCUT2D eigenvalue weighted by Crippen LogP contribution is 2.05. The summed E-state index contributed by atoms with van der Waals surface area (Å²) in [5.41, 5.74) is -1.07. The topological polar surface area (TPSA) is 70.3 Å². The molecule has 6 nitrogen and oxygen atoms in total. The molecule has 18 heavy (non-hydrogen) atoms. The first-order chi connectivity index (χ1) is 8.42. The molecule has 0 amide bonds. The van der Waals surface area contributed by atoms with Gasteiger partial charge in [0.1, 0.15) is 6.54 Å². The maximum Gasteiger partial charge on any atom is 0.331 e. The van der Waals surface area contributed by atoms with Crippen LogP contribution in [0.15, 0.2) is 20.3 Å². The lowest BCUT2D eigenvalue weighted by Crippen LogP contribution is -2.43. The summed E-state index contributed by atoms with van der Waals surface area (Å²) >= 11 is 8.71. The van der Waals surface area contributed by atoms with Crippen LogP contribution in [0.2, 0.25) is 0 Å². The smallest absolute Gasteiger partial charge is 0.331 e. The zero-order valence-corrected chi connectivity index (χ0v) is 12.2. The Kier molecular flexibility index (Phi) is 5.15. The Bertz CT molecular complexity index is 566. The summed E-state index contributed by atoms with van der Waals surface area (Å²) in [5, 5.41) is 0. The lowest BCUT2D eigenvalue weighted by atomic mass is 10.4. The Labute approximate surface area is 116 Å². The fourth-order valence-electron chi connectivity index (χ4n) is 1.36. The average Bonchev–Trinajstić information content (AvgIpc) is 2.35. The number of methoxy groups -OCH3 is 1. The number of hydrogen-bond donors (Lipinski definition) is 0. The van der Waals surface area contributed by atoms with Gasteiger partial charge in [-0.1, -0.05) is 0 Å². The fraction of sp³-hybridized carbons (Fsp3) is 0.500. The minimum atomic E-state index is -0.596. The standard InChI is InChI=1S/C10H12BrClN2O4/c1-6(3-12)14-9(16)7(11)4-13(10(14)17)5-8(15)18-2/h4,6H,3,5H2,1-2H3/t6-/m0/s1. The van der Waals surface area contributed by atoms with Gasteiger partial charge >= 0.3 is 11.7 Å². The molecule has 100 valence electrons. The molecular formula is C10H12BrClN2O4. The van der Waals surface area contributed by atoms with E-state index in [0.717, 1.165) is 9.13 Å². The monoisotopic (exact) mass is 338 g/mol. The van der Waals surface area contributed by atoms with Crippen molar-refractivity contribution in [2.24, 2.45) is 0 Å². The second kappa shape index (κ2) is 6.19. The molecule has 0 aliphatic rings. The molecule has 0 aliphatic carbocycles. The van der Waals surface area contributed by atoms with Crippen molar-refractivity contribution < 1.29 is 9.53 Å². The third-order valence-corrected chi connectivity index (χ3v) is 3.33. The van der Waals surface area contributed by atoms with Gasteiger partial charge in [-0.15, -0.1) is 11.6 Å². The Hall–Kier alpha value is -1.08. The molecule has 0 unspecified atom stereocenters. The van der Waals surface area contributed by atoms with Crippen LogP contribution in [0.4, 0.5) is 0 Å². The molecule has 0 spiro atoms. The SMILES string of the molecule is COC(=O)Cn1cc(Br)c(=O)n([C@@H](C)CCl)c1=O. The van der Waals surface area contributed by atoms with E-state index >= 15 is 0 Å². The molecule has 0 saturated carbocycles. The van der Waals surface area contributed by atoms with Crippen molar-refractivity contribution in [1.29, 1.82) is 0 Å². The Morgan fingerprint density at radius 3 is 2.67 bits per heavy atom. The zero-order valence-electron chi connectivity index (χ0n) is 9.85. The van der Waals surface area contributed by atoms with E-state index in [1.165, 1.54) is 13.3 Å². The maximum absolute atomic E-state index is 12.0. The third kappa shape index (κ3) is 3.02. The summed E-state index contributed by atoms with van der Waals surface area (Å²) in [4.78, 5) is 35.0. The zero-order chi connectivity index (χ0) is 13.9. The first kappa shape index (κ1) is 15.0. The van der Waals surface area contributed by atoms with Crippen molar-refractivity contribution >= 4 is 33.5 Å². The van der Waals surface area contributed by atoms with E-state index in [4.69, 9.17) is 11.6 Å². The molecule has 1 heterocycles. The predicted octanol–water partition coefficient (Wildman–Crippen LogP) is 0.745. The van der Waals surface area contributed by atoms with E-state index in [0.29, 0.717) is 0 Å². The van der Waals surface area contributed by atoms with E-state index in [1.54, 1.807) is 6.92 Å². The number of carbonyl (C=O) groups excluding carboxylic acids is 1. The van der Waals surface area contributed by atoms with Gasteiger partial charge in [0.05, 0.1) is 17.6 Å². The van der Waals surface area contributed by atoms with E-state index in [-0.39, 0.29) is 16.9 Å². The molecule has 1 aromatic rings. The lowest BCUT2D eigenvalue weighted by molar-refractivity contribution is -0.141. The van der Waals surface area contributed by atoms with Gasteiger partial charge in [0.25, 0.3) is 5.56 Å². The minimum absolute atomic E-state index is 0.115. The van der Waals surface area contributed by atoms with Gasteiger partial charge in [-0.25, -0.2) is 4.79 Å². The lowest BCUT2D eigenvalue weighted by Gasteiger charge is -2.14. The Morgan fingerprint density at radius 1 is 1.56 bits per heavy atom. The average molecular weight is 340 g/mol. The van der Waals surface area contributed by atoms with Gasteiger partial charge in [-0.05, 0) is 22.9 Å². The quantitative estimate of drug-likeness (QED) is 0.599. The number of nitrogens with zero attached hydrogens (tertiary/aromatic N) is 2. The van der Waals surface area contributed by atoms with Crippen LogP contribution in [-0.2, 0) is 16.1 Å². The Balaban J connectivity index is 3.40. The molecule has 0 aliphatic heterocycles. The first-order valence-corrected chi connectivity index (χ1v) is 6.39. The molecule has 0 bridgehead atoms. The van der Waals surface area contributed by atoms with Gasteiger partial charge in [0, 0.05) is 12.1 Å². The number of aromatic nitrogens is 2. The number of halogens is 2. The summed E-state index contributed by atoms with van der Waals surface area (Å²) in [6.07, 6.45) is 1.26. The summed E-state index contributed by atoms with van der Waals surface area (Å²) in [5.74, 6) is -0.461. The van der Waals surface area contributed by atoms with Gasteiger partial charge in [-0.2, -0.15) is 0 Å². The van der Waals surface area contributed by atoms with Crippen molar-refractivity contribution in [3.8, 4) is 0 Å². The van der Waals surface area contributed by atoms with Crippen LogP contribution in [0, 0.1) is 0 Å². The van der Waals surface area contributed by atoms with Gasteiger partial charge in [0.15, 0.2) is 0 Å². The van der Waals surface area contributed by atoms with Crippen molar-refractivity contribution in [2.45, 2.75) is 19.5 Å². The fourth-order valence-corrected chi connectivity index (χ4v) is 1.94. The summed E-state index contributed by atoms with van der Waals surface area (Å²) in [7, 11) is 1.22. The van der Waals surface area contributed by atoms with Crippen molar-refractivity contribution in [3.63, 3.8) is 0 Å². The number of rotatable bonds is 4. The molecule has 0 aromatic carbocycles. The van der Waals surface area contributed by atoms with E-state index in [1.807, 2.05) is 0 Å². The molecule has 0 radical (unpaired) electrons. The highest BCUT2D eigenvalue weighted by Gasteiger charge is 2.16. The van der Waals surface area contributed by atoms with Crippen molar-refractivity contribution in [3.05, 3.63) is 31.5 Å². The molecule has 0 fully saturated rings. The third-order valence-electron chi connectivity index (χ3n) is 2.34. The number of hydrogen-bond acceptors (Lipinski definition) is 4. The van der Waals surface area contributed by atoms with Crippen LogP contribution < -0.4 is 11.2 Å². The summed E-state index contributed by atoms with van der Waals surface area (Å²) < 4.78 is 6.76. The van der Waals surface area contributed by atoms with Crippen LogP contribution >= 0.6 is 27.5 Å². The molecule has 0 N–H and O–H groups in total. The highest BCUT2D eigenvalue weighted by atomic mass is 79.9. The molecular weight excluding hydrogens is 327 g/mol. The van der Waals surface area contributed by atoms with Crippen molar-refractivity contribution in [1.82, 2.24) is 9.13 Å². The molecule has 1 aromatic heterocycles. The minimum Gasteiger partial charge on any atom is -0.468 e. The maximum atomic E-state index is 12.0. The number of ether oxygens (including phenoxy) is 1.